The van der Waals surface area contributed by atoms with Gasteiger partial charge in [-0.25, -0.2) is 0 Å². The highest BCUT2D eigenvalue weighted by Crippen LogP contribution is 3.02. The van der Waals surface area contributed by atoms with Gasteiger partial charge in [0.05, 0.1) is 0 Å². The van der Waals surface area contributed by atoms with E-state index in [9.17, 15) is 19.4 Å². The highest BCUT2D eigenvalue weighted by molar-refractivity contribution is 9.10. The zero-order chi connectivity index (χ0) is 19.8. The minimum atomic E-state index is -9.60. The van der Waals surface area contributed by atoms with Crippen LogP contribution in [0.2, 0.25) is 0 Å². The summed E-state index contributed by atoms with van der Waals surface area (Å²) in [6.07, 6.45) is 3.75. The van der Waals surface area contributed by atoms with Gasteiger partial charge < -0.3 is 5.32 Å². The lowest BCUT2D eigenvalue weighted by atomic mass is 9.95. The molecule has 27 heavy (non-hydrogen) atoms. The van der Waals surface area contributed by atoms with Crippen LogP contribution in [0.3, 0.4) is 0 Å². The van der Waals surface area contributed by atoms with Crippen molar-refractivity contribution in [3.63, 3.8) is 0 Å². The summed E-state index contributed by atoms with van der Waals surface area (Å²) in [6.45, 7) is 0. The van der Waals surface area contributed by atoms with E-state index in [-0.39, 0.29) is 6.04 Å². The zero-order valence-corrected chi connectivity index (χ0v) is 17.4. The third-order valence-corrected chi connectivity index (χ3v) is 7.50. The summed E-state index contributed by atoms with van der Waals surface area (Å²) in [5.74, 6) is 0. The Bertz CT molecular complexity index is 786. The summed E-state index contributed by atoms with van der Waals surface area (Å²) in [4.78, 5) is -0.642. The first-order valence-corrected chi connectivity index (χ1v) is 12.0. The fourth-order valence-corrected chi connectivity index (χ4v) is 5.18. The first-order valence-electron chi connectivity index (χ1n) is 8.42. The molecule has 9 heteroatoms. The van der Waals surface area contributed by atoms with E-state index in [1.807, 2.05) is 23.9 Å². The van der Waals surface area contributed by atoms with Crippen LogP contribution in [0.15, 0.2) is 62.8 Å². The summed E-state index contributed by atoms with van der Waals surface area (Å²) in [7, 11) is -9.60. The first-order chi connectivity index (χ1) is 12.4. The SMILES string of the molecule is FS(F)(F)(F)(F)c1ccc(NC2CCC(Sc3ccc(Br)cc3)CC2)cc1. The average Bonchev–Trinajstić information content (AvgIpc) is 2.57. The van der Waals surface area contributed by atoms with Crippen molar-refractivity contribution in [3.05, 3.63) is 53.0 Å². The molecule has 1 nitrogen and oxygen atoms in total. The van der Waals surface area contributed by atoms with E-state index in [2.05, 4.69) is 33.4 Å². The highest BCUT2D eigenvalue weighted by Gasteiger charge is 2.65. The molecule has 150 valence electrons. The molecular formula is C18H19BrF5NS2. The molecule has 0 bridgehead atoms. The van der Waals surface area contributed by atoms with Crippen LogP contribution in [-0.4, -0.2) is 11.3 Å². The molecular weight excluding hydrogens is 469 g/mol. The van der Waals surface area contributed by atoms with Crippen molar-refractivity contribution in [1.82, 2.24) is 0 Å². The van der Waals surface area contributed by atoms with Crippen LogP contribution in [0.5, 0.6) is 0 Å². The Kier molecular flexibility index (Phi) is 5.27. The van der Waals surface area contributed by atoms with Crippen LogP contribution >= 0.6 is 37.9 Å². The predicted octanol–water partition coefficient (Wildman–Crippen LogP) is 8.62. The Morgan fingerprint density at radius 2 is 1.37 bits per heavy atom. The van der Waals surface area contributed by atoms with E-state index in [1.165, 1.54) is 4.90 Å². The standard InChI is InChI=1S/C18H19BrF5NS2/c19-13-1-7-16(8-2-13)26-17-9-3-14(4-10-17)25-15-5-11-18(12-6-15)27(20,21,22,23)24/h1-2,5-8,11-12,14,17,25H,3-4,9-10H2. The molecule has 0 atom stereocenters. The molecule has 2 aromatic rings. The molecule has 3 rings (SSSR count). The fraction of sp³-hybridized carbons (Fsp3) is 0.333. The maximum Gasteiger partial charge on any atom is 0.310 e. The molecule has 0 aliphatic heterocycles. The minimum Gasteiger partial charge on any atom is -0.382 e. The van der Waals surface area contributed by atoms with E-state index in [4.69, 9.17) is 0 Å². The van der Waals surface area contributed by atoms with E-state index in [1.54, 1.807) is 0 Å². The molecule has 0 saturated heterocycles. The second kappa shape index (κ2) is 6.84. The van der Waals surface area contributed by atoms with Gasteiger partial charge in [0.15, 0.2) is 0 Å². The third kappa shape index (κ3) is 6.02. The molecule has 0 aromatic heterocycles. The normalized spacial score (nSPS) is 23.3. The van der Waals surface area contributed by atoms with Crippen LogP contribution < -0.4 is 5.32 Å². The maximum atomic E-state index is 12.8. The van der Waals surface area contributed by atoms with Gasteiger partial charge in [-0.1, -0.05) is 35.4 Å². The molecule has 1 N–H and O–H groups in total. The number of nitrogens with one attached hydrogen (secondary N) is 1. The van der Waals surface area contributed by atoms with Gasteiger partial charge in [0.2, 0.25) is 0 Å². The van der Waals surface area contributed by atoms with E-state index in [0.717, 1.165) is 42.3 Å². The quantitative estimate of drug-likeness (QED) is 0.423. The molecule has 2 aromatic carbocycles. The monoisotopic (exact) mass is 487 g/mol. The van der Waals surface area contributed by atoms with Gasteiger partial charge in [-0.3, -0.25) is 0 Å². The second-order valence-corrected chi connectivity index (χ2v) is 11.4. The van der Waals surface area contributed by atoms with Crippen molar-refractivity contribution in [2.75, 3.05) is 5.32 Å². The Labute approximate surface area is 168 Å². The lowest BCUT2D eigenvalue weighted by Crippen LogP contribution is -2.27. The number of benzene rings is 2. The van der Waals surface area contributed by atoms with Gasteiger partial charge in [0.1, 0.15) is 4.90 Å². The van der Waals surface area contributed by atoms with Crippen molar-refractivity contribution >= 4 is 43.6 Å². The van der Waals surface area contributed by atoms with E-state index >= 15 is 0 Å². The Morgan fingerprint density at radius 3 is 1.89 bits per heavy atom. The van der Waals surface area contributed by atoms with Crippen LogP contribution in [0, 0.1) is 0 Å². The van der Waals surface area contributed by atoms with Gasteiger partial charge in [0.25, 0.3) is 0 Å². The van der Waals surface area contributed by atoms with Crippen molar-refractivity contribution in [1.29, 1.82) is 0 Å². The largest absolute Gasteiger partial charge is 0.382 e. The molecule has 0 unspecified atom stereocenters. The summed E-state index contributed by atoms with van der Waals surface area (Å²) in [5.41, 5.74) is 0.435. The van der Waals surface area contributed by atoms with E-state index < -0.39 is 15.1 Å². The molecule has 1 saturated carbocycles. The van der Waals surface area contributed by atoms with Crippen LogP contribution in [0.25, 0.3) is 0 Å². The van der Waals surface area contributed by atoms with Gasteiger partial charge in [-0.15, -0.1) is 11.8 Å². The maximum absolute atomic E-state index is 12.8. The summed E-state index contributed by atoms with van der Waals surface area (Å²) in [5, 5.41) is 3.66. The first kappa shape index (κ1) is 20.8. The molecule has 0 spiro atoms. The molecule has 0 amide bonds. The van der Waals surface area contributed by atoms with Gasteiger partial charge >= 0.3 is 10.2 Å². The second-order valence-electron chi connectivity index (χ2n) is 6.68. The van der Waals surface area contributed by atoms with Gasteiger partial charge in [-0.2, -0.15) is 0 Å². The van der Waals surface area contributed by atoms with Crippen molar-refractivity contribution in [2.24, 2.45) is 0 Å². The topological polar surface area (TPSA) is 12.0 Å². The van der Waals surface area contributed by atoms with Crippen LogP contribution in [-0.2, 0) is 0 Å². The smallest absolute Gasteiger partial charge is 0.310 e. The number of anilines is 1. The molecule has 0 radical (unpaired) electrons. The summed E-state index contributed by atoms with van der Waals surface area (Å²) < 4.78 is 64.8. The van der Waals surface area contributed by atoms with Crippen LogP contribution in [0.4, 0.5) is 25.1 Å². The summed E-state index contributed by atoms with van der Waals surface area (Å²) >= 11 is 5.24. The van der Waals surface area contributed by atoms with Crippen LogP contribution in [0.1, 0.15) is 25.7 Å². The zero-order valence-electron chi connectivity index (χ0n) is 14.2. The van der Waals surface area contributed by atoms with E-state index in [0.29, 0.717) is 23.1 Å². The number of thioether (sulfide) groups is 1. The number of hydrogen-bond donors (Lipinski definition) is 1. The molecule has 1 aliphatic rings. The number of hydrogen-bond acceptors (Lipinski definition) is 2. The van der Waals surface area contributed by atoms with Crippen molar-refractivity contribution in [3.8, 4) is 0 Å². The Morgan fingerprint density at radius 1 is 0.815 bits per heavy atom. The predicted molar refractivity (Wildman–Crippen MR) is 108 cm³/mol. The fourth-order valence-electron chi connectivity index (χ4n) is 3.07. The summed E-state index contributed by atoms with van der Waals surface area (Å²) in [6, 6.07) is 11.4. The number of halogens is 6. The Hall–Kier alpha value is -0.930. The third-order valence-electron chi connectivity index (χ3n) is 4.46. The molecule has 1 aliphatic carbocycles. The Balaban J connectivity index is 1.53. The number of rotatable bonds is 5. The highest BCUT2D eigenvalue weighted by atomic mass is 79.9. The van der Waals surface area contributed by atoms with Crippen molar-refractivity contribution < 1.29 is 19.4 Å². The molecule has 1 fully saturated rings. The lowest BCUT2D eigenvalue weighted by Gasteiger charge is -2.40. The minimum absolute atomic E-state index is 0.137. The average molecular weight is 488 g/mol. The van der Waals surface area contributed by atoms with Gasteiger partial charge in [0, 0.05) is 26.3 Å². The van der Waals surface area contributed by atoms with Gasteiger partial charge in [-0.05, 0) is 74.2 Å². The molecule has 0 heterocycles. The lowest BCUT2D eigenvalue weighted by molar-refractivity contribution is 0.364. The van der Waals surface area contributed by atoms with Crippen molar-refractivity contribution in [2.45, 2.75) is 46.8 Å².